The van der Waals surface area contributed by atoms with E-state index in [0.29, 0.717) is 13.2 Å². The Morgan fingerprint density at radius 2 is 1.95 bits per heavy atom. The van der Waals surface area contributed by atoms with Gasteiger partial charge in [-0.3, -0.25) is 9.69 Å². The van der Waals surface area contributed by atoms with Crippen molar-refractivity contribution in [3.05, 3.63) is 82.5 Å². The van der Waals surface area contributed by atoms with Crippen LogP contribution in [0.25, 0.3) is 22.2 Å². The fourth-order valence-electron chi connectivity index (χ4n) is 4.98. The van der Waals surface area contributed by atoms with Crippen LogP contribution in [0.3, 0.4) is 0 Å². The summed E-state index contributed by atoms with van der Waals surface area (Å²) in [6.07, 6.45) is 3.04. The van der Waals surface area contributed by atoms with Crippen molar-refractivity contribution in [1.29, 1.82) is 0 Å². The number of hydrogen-bond acceptors (Lipinski definition) is 5. The van der Waals surface area contributed by atoms with Crippen molar-refractivity contribution < 1.29 is 13.5 Å². The third-order valence-electron chi connectivity index (χ3n) is 6.85. The van der Waals surface area contributed by atoms with Gasteiger partial charge < -0.3 is 19.2 Å². The van der Waals surface area contributed by atoms with E-state index in [2.05, 4.69) is 20.9 Å². The van der Waals surface area contributed by atoms with Crippen LogP contribution in [0.2, 0.25) is 0 Å². The number of halogens is 2. The maximum absolute atomic E-state index is 13.4. The largest absolute Gasteiger partial charge is 0.378 e. The van der Waals surface area contributed by atoms with Gasteiger partial charge in [-0.25, -0.2) is 13.8 Å². The number of morpholine rings is 1. The van der Waals surface area contributed by atoms with E-state index in [-0.39, 0.29) is 18.6 Å². The number of nitrogens with one attached hydrogen (secondary N) is 1. The summed E-state index contributed by atoms with van der Waals surface area (Å²) in [5.74, 6) is 0. The molecular weight excluding hydrogens is 476 g/mol. The second-order valence-electron chi connectivity index (χ2n) is 9.59. The highest BCUT2D eigenvalue weighted by molar-refractivity contribution is 5.95. The number of H-pyrrole nitrogens is 1. The lowest BCUT2D eigenvalue weighted by Gasteiger charge is -2.28. The lowest BCUT2D eigenvalue weighted by Crippen LogP contribution is -2.36. The van der Waals surface area contributed by atoms with Gasteiger partial charge in [0.15, 0.2) is 0 Å². The maximum atomic E-state index is 13.4. The van der Waals surface area contributed by atoms with Gasteiger partial charge in [-0.2, -0.15) is 0 Å². The zero-order valence-corrected chi connectivity index (χ0v) is 21.0. The highest BCUT2D eigenvalue weighted by Gasteiger charge is 2.21. The Morgan fingerprint density at radius 3 is 2.68 bits per heavy atom. The molecule has 4 heterocycles. The van der Waals surface area contributed by atoms with Crippen LogP contribution in [0.1, 0.15) is 17.2 Å². The number of hydrogen-bond donors (Lipinski definition) is 1. The Labute approximate surface area is 214 Å². The summed E-state index contributed by atoms with van der Waals surface area (Å²) in [6, 6.07) is 13.1. The SMILES string of the molecule is Cc1cccc([C@@H](CN(C)CC(F)F)n2ccc(-c3c[nH]c4ncc(N5CCOCC5)cc34)cc2=O)c1. The van der Waals surface area contributed by atoms with Crippen LogP contribution in [0.4, 0.5) is 14.5 Å². The molecule has 0 radical (unpaired) electrons. The minimum atomic E-state index is -2.44. The molecule has 0 aliphatic carbocycles. The third-order valence-corrected chi connectivity index (χ3v) is 6.85. The molecule has 1 aliphatic heterocycles. The van der Waals surface area contributed by atoms with Crippen molar-refractivity contribution in [1.82, 2.24) is 19.4 Å². The molecule has 1 fully saturated rings. The summed E-state index contributed by atoms with van der Waals surface area (Å²) in [5, 5.41) is 0.938. The number of aryl methyl sites for hydroxylation is 1. The molecule has 194 valence electrons. The minimum Gasteiger partial charge on any atom is -0.378 e. The molecule has 9 heteroatoms. The standard InChI is InChI=1S/C28H31F2N5O2/c1-19-4-3-5-21(12-19)25(17-33(2)18-26(29)30)35-7-6-20(13-27(35)36)24-16-32-28-23(24)14-22(15-31-28)34-8-10-37-11-9-34/h3-7,12-16,25-26H,8-11,17-18H2,1-2H3,(H,31,32)/t25-/m1/s1. The molecule has 4 aromatic rings. The molecule has 0 unspecified atom stereocenters. The van der Waals surface area contributed by atoms with Crippen LogP contribution in [0.5, 0.6) is 0 Å². The molecule has 1 aromatic carbocycles. The Balaban J connectivity index is 1.50. The van der Waals surface area contributed by atoms with Gasteiger partial charge in [-0.05, 0) is 37.2 Å². The zero-order chi connectivity index (χ0) is 25.9. The lowest BCUT2D eigenvalue weighted by atomic mass is 10.0. The molecule has 0 amide bonds. The number of anilines is 1. The zero-order valence-electron chi connectivity index (χ0n) is 21.0. The molecule has 37 heavy (non-hydrogen) atoms. The predicted molar refractivity (Wildman–Crippen MR) is 142 cm³/mol. The number of fused-ring (bicyclic) bond motifs is 1. The summed E-state index contributed by atoms with van der Waals surface area (Å²) in [4.78, 5) is 25.0. The summed E-state index contributed by atoms with van der Waals surface area (Å²) in [5.41, 5.74) is 5.20. The number of aromatic nitrogens is 3. The topological polar surface area (TPSA) is 66.4 Å². The van der Waals surface area contributed by atoms with Crippen molar-refractivity contribution in [2.45, 2.75) is 19.4 Å². The Morgan fingerprint density at radius 1 is 1.14 bits per heavy atom. The molecule has 0 saturated carbocycles. The summed E-state index contributed by atoms with van der Waals surface area (Å²) in [7, 11) is 1.65. The summed E-state index contributed by atoms with van der Waals surface area (Å²) >= 11 is 0. The molecule has 3 aromatic heterocycles. The number of likely N-dealkylation sites (N-methyl/N-ethyl adjacent to an activating group) is 1. The normalized spacial score (nSPS) is 15.1. The summed E-state index contributed by atoms with van der Waals surface area (Å²) in [6.45, 7) is 4.89. The van der Waals surface area contributed by atoms with Crippen LogP contribution < -0.4 is 10.5 Å². The van der Waals surface area contributed by atoms with Crippen LogP contribution in [0.15, 0.2) is 65.8 Å². The highest BCUT2D eigenvalue weighted by atomic mass is 19.3. The van der Waals surface area contributed by atoms with Crippen molar-refractivity contribution in [2.24, 2.45) is 0 Å². The van der Waals surface area contributed by atoms with Gasteiger partial charge in [0, 0.05) is 49.0 Å². The van der Waals surface area contributed by atoms with E-state index in [1.54, 1.807) is 28.8 Å². The van der Waals surface area contributed by atoms with Crippen LogP contribution in [0, 0.1) is 6.92 Å². The first kappa shape index (κ1) is 25.1. The van der Waals surface area contributed by atoms with Gasteiger partial charge in [0.05, 0.1) is 37.7 Å². The van der Waals surface area contributed by atoms with Crippen molar-refractivity contribution in [3.63, 3.8) is 0 Å². The van der Waals surface area contributed by atoms with E-state index in [1.165, 1.54) is 0 Å². The van der Waals surface area contributed by atoms with Crippen LogP contribution >= 0.6 is 0 Å². The first-order valence-corrected chi connectivity index (χ1v) is 12.4. The number of rotatable bonds is 8. The molecule has 1 N–H and O–H groups in total. The minimum absolute atomic E-state index is 0.193. The Kier molecular flexibility index (Phi) is 7.34. The van der Waals surface area contributed by atoms with Crippen molar-refractivity contribution >= 4 is 16.7 Å². The molecular formula is C28H31F2N5O2. The van der Waals surface area contributed by atoms with E-state index in [1.807, 2.05) is 49.6 Å². The quantitative estimate of drug-likeness (QED) is 0.385. The summed E-state index contributed by atoms with van der Waals surface area (Å²) < 4.78 is 33.2. The van der Waals surface area contributed by atoms with Gasteiger partial charge in [0.1, 0.15) is 5.65 Å². The maximum Gasteiger partial charge on any atom is 0.251 e. The number of benzene rings is 1. The molecule has 1 aliphatic rings. The van der Waals surface area contributed by atoms with Crippen LogP contribution in [-0.4, -0.2) is 72.3 Å². The fourth-order valence-corrected chi connectivity index (χ4v) is 4.98. The third kappa shape index (κ3) is 5.57. The molecule has 1 atom stereocenters. The molecule has 0 spiro atoms. The average Bonchev–Trinajstić information content (AvgIpc) is 3.31. The first-order valence-electron chi connectivity index (χ1n) is 12.4. The van der Waals surface area contributed by atoms with E-state index < -0.39 is 12.5 Å². The van der Waals surface area contributed by atoms with Gasteiger partial charge in [-0.1, -0.05) is 29.8 Å². The lowest BCUT2D eigenvalue weighted by molar-refractivity contribution is 0.0959. The highest BCUT2D eigenvalue weighted by Crippen LogP contribution is 2.30. The molecule has 7 nitrogen and oxygen atoms in total. The van der Waals surface area contributed by atoms with Crippen LogP contribution in [-0.2, 0) is 4.74 Å². The number of pyridine rings is 2. The van der Waals surface area contributed by atoms with E-state index >= 15 is 0 Å². The monoisotopic (exact) mass is 507 g/mol. The second-order valence-corrected chi connectivity index (χ2v) is 9.59. The number of alkyl halides is 2. The van der Waals surface area contributed by atoms with Gasteiger partial charge >= 0.3 is 0 Å². The van der Waals surface area contributed by atoms with E-state index in [0.717, 1.165) is 52.1 Å². The Hall–Kier alpha value is -3.56. The van der Waals surface area contributed by atoms with Gasteiger partial charge in [0.2, 0.25) is 0 Å². The average molecular weight is 508 g/mol. The second kappa shape index (κ2) is 10.8. The first-order chi connectivity index (χ1) is 17.9. The van der Waals surface area contributed by atoms with Crippen molar-refractivity contribution in [3.8, 4) is 11.1 Å². The van der Waals surface area contributed by atoms with Gasteiger partial charge in [-0.15, -0.1) is 0 Å². The Bertz CT molecular complexity index is 1430. The molecule has 1 saturated heterocycles. The smallest absolute Gasteiger partial charge is 0.251 e. The number of ether oxygens (including phenoxy) is 1. The molecule has 0 bridgehead atoms. The van der Waals surface area contributed by atoms with E-state index in [9.17, 15) is 13.6 Å². The number of nitrogens with zero attached hydrogens (tertiary/aromatic N) is 4. The number of aromatic amines is 1. The molecule has 5 rings (SSSR count). The van der Waals surface area contributed by atoms with E-state index in [4.69, 9.17) is 4.74 Å². The van der Waals surface area contributed by atoms with Crippen molar-refractivity contribution in [2.75, 3.05) is 51.3 Å². The fraction of sp³-hybridized carbons (Fsp3) is 0.357. The van der Waals surface area contributed by atoms with Gasteiger partial charge in [0.25, 0.3) is 12.0 Å². The predicted octanol–water partition coefficient (Wildman–Crippen LogP) is 4.32.